The molecule has 1 atom stereocenters. The number of thioether (sulfide) groups is 1. The lowest BCUT2D eigenvalue weighted by Crippen LogP contribution is -2.00. The third kappa shape index (κ3) is 2.62. The Morgan fingerprint density at radius 1 is 1.75 bits per heavy atom. The third-order valence-electron chi connectivity index (χ3n) is 1.29. The highest BCUT2D eigenvalue weighted by atomic mass is 32.2. The zero-order valence-corrected chi connectivity index (χ0v) is 8.32. The van der Waals surface area contributed by atoms with Gasteiger partial charge in [-0.1, -0.05) is 6.92 Å². The molecule has 0 aliphatic heterocycles. The SMILES string of the molecule is CC(CO)Sc1ccc(C=O)s1. The molecule has 0 amide bonds. The Bertz CT molecular complexity index is 257. The van der Waals surface area contributed by atoms with Crippen molar-refractivity contribution in [3.8, 4) is 0 Å². The molecule has 1 aromatic rings. The van der Waals surface area contributed by atoms with E-state index in [1.807, 2.05) is 13.0 Å². The fourth-order valence-corrected chi connectivity index (χ4v) is 2.84. The van der Waals surface area contributed by atoms with Gasteiger partial charge in [-0.15, -0.1) is 23.1 Å². The molecule has 0 aliphatic rings. The minimum absolute atomic E-state index is 0.166. The van der Waals surface area contributed by atoms with Crippen LogP contribution in [-0.2, 0) is 0 Å². The summed E-state index contributed by atoms with van der Waals surface area (Å²) in [7, 11) is 0. The van der Waals surface area contributed by atoms with Crippen LogP contribution in [0.4, 0.5) is 0 Å². The van der Waals surface area contributed by atoms with Crippen molar-refractivity contribution in [2.75, 3.05) is 6.61 Å². The van der Waals surface area contributed by atoms with E-state index in [1.54, 1.807) is 17.8 Å². The van der Waals surface area contributed by atoms with Crippen molar-refractivity contribution < 1.29 is 9.90 Å². The number of thiophene rings is 1. The smallest absolute Gasteiger partial charge is 0.160 e. The molecule has 0 saturated heterocycles. The van der Waals surface area contributed by atoms with Gasteiger partial charge in [-0.05, 0) is 12.1 Å². The van der Waals surface area contributed by atoms with E-state index in [2.05, 4.69) is 0 Å². The molecule has 4 heteroatoms. The molecule has 1 N–H and O–H groups in total. The van der Waals surface area contributed by atoms with E-state index in [1.165, 1.54) is 11.3 Å². The highest BCUT2D eigenvalue weighted by Gasteiger charge is 2.04. The highest BCUT2D eigenvalue weighted by molar-refractivity contribution is 8.01. The van der Waals surface area contributed by atoms with Crippen LogP contribution in [0.15, 0.2) is 16.3 Å². The first-order valence-corrected chi connectivity index (χ1v) is 5.28. The van der Waals surface area contributed by atoms with Gasteiger partial charge in [0, 0.05) is 5.25 Å². The van der Waals surface area contributed by atoms with Gasteiger partial charge < -0.3 is 5.11 Å². The van der Waals surface area contributed by atoms with Crippen molar-refractivity contribution in [3.05, 3.63) is 17.0 Å². The topological polar surface area (TPSA) is 37.3 Å². The van der Waals surface area contributed by atoms with Gasteiger partial charge in [0.25, 0.3) is 0 Å². The maximum absolute atomic E-state index is 10.3. The van der Waals surface area contributed by atoms with Gasteiger partial charge in [0.2, 0.25) is 0 Å². The maximum atomic E-state index is 10.3. The van der Waals surface area contributed by atoms with Crippen molar-refractivity contribution in [2.24, 2.45) is 0 Å². The van der Waals surface area contributed by atoms with Gasteiger partial charge in [-0.2, -0.15) is 0 Å². The van der Waals surface area contributed by atoms with Crippen molar-refractivity contribution in [3.63, 3.8) is 0 Å². The number of carbonyl (C=O) groups excluding carboxylic acids is 1. The molecular weight excluding hydrogens is 192 g/mol. The molecule has 0 spiro atoms. The summed E-state index contributed by atoms with van der Waals surface area (Å²) in [6.07, 6.45) is 0.846. The van der Waals surface area contributed by atoms with Crippen molar-refractivity contribution in [1.82, 2.24) is 0 Å². The molecule has 12 heavy (non-hydrogen) atoms. The highest BCUT2D eigenvalue weighted by Crippen LogP contribution is 2.29. The average molecular weight is 202 g/mol. The van der Waals surface area contributed by atoms with Crippen LogP contribution in [0.25, 0.3) is 0 Å². The van der Waals surface area contributed by atoms with E-state index in [4.69, 9.17) is 5.11 Å². The maximum Gasteiger partial charge on any atom is 0.160 e. The van der Waals surface area contributed by atoms with Gasteiger partial charge in [-0.3, -0.25) is 4.79 Å². The summed E-state index contributed by atoms with van der Waals surface area (Å²) in [4.78, 5) is 11.1. The fourth-order valence-electron chi connectivity index (χ4n) is 0.697. The van der Waals surface area contributed by atoms with Crippen molar-refractivity contribution >= 4 is 29.4 Å². The fraction of sp³-hybridized carbons (Fsp3) is 0.375. The first-order valence-electron chi connectivity index (χ1n) is 3.58. The Labute approximate surface area is 79.6 Å². The predicted octanol–water partition coefficient (Wildman–Crippen LogP) is 2.03. The Hall–Kier alpha value is -0.320. The Morgan fingerprint density at radius 2 is 2.50 bits per heavy atom. The van der Waals surface area contributed by atoms with E-state index in [0.717, 1.165) is 15.4 Å². The molecule has 2 nitrogen and oxygen atoms in total. The number of aliphatic hydroxyl groups is 1. The second kappa shape index (κ2) is 4.64. The first kappa shape index (κ1) is 9.77. The van der Waals surface area contributed by atoms with Crippen LogP contribution in [-0.4, -0.2) is 23.2 Å². The molecule has 0 aromatic carbocycles. The summed E-state index contributed by atoms with van der Waals surface area (Å²) < 4.78 is 1.08. The molecule has 0 radical (unpaired) electrons. The molecule has 0 bridgehead atoms. The lowest BCUT2D eigenvalue weighted by Gasteiger charge is -2.03. The van der Waals surface area contributed by atoms with Crippen LogP contribution in [0.5, 0.6) is 0 Å². The van der Waals surface area contributed by atoms with Gasteiger partial charge in [-0.25, -0.2) is 0 Å². The van der Waals surface area contributed by atoms with E-state index in [9.17, 15) is 4.79 Å². The van der Waals surface area contributed by atoms with Crippen LogP contribution in [0.1, 0.15) is 16.6 Å². The second-order valence-electron chi connectivity index (χ2n) is 2.39. The number of carbonyl (C=O) groups is 1. The molecule has 1 heterocycles. The van der Waals surface area contributed by atoms with Crippen molar-refractivity contribution in [2.45, 2.75) is 16.4 Å². The zero-order chi connectivity index (χ0) is 8.97. The summed E-state index contributed by atoms with van der Waals surface area (Å²) >= 11 is 3.05. The minimum Gasteiger partial charge on any atom is -0.395 e. The summed E-state index contributed by atoms with van der Waals surface area (Å²) in [6, 6.07) is 3.70. The third-order valence-corrected chi connectivity index (χ3v) is 3.56. The molecule has 1 rings (SSSR count). The predicted molar refractivity (Wildman–Crippen MR) is 52.1 cm³/mol. The molecule has 0 aliphatic carbocycles. The van der Waals surface area contributed by atoms with E-state index in [0.29, 0.717) is 0 Å². The number of hydrogen-bond donors (Lipinski definition) is 1. The van der Waals surface area contributed by atoms with Crippen LogP contribution >= 0.6 is 23.1 Å². The monoisotopic (exact) mass is 202 g/mol. The molecule has 1 aromatic heterocycles. The second-order valence-corrected chi connectivity index (χ2v) is 5.24. The summed E-state index contributed by atoms with van der Waals surface area (Å²) in [6.45, 7) is 2.12. The van der Waals surface area contributed by atoms with Crippen LogP contribution in [0.2, 0.25) is 0 Å². The Balaban J connectivity index is 2.57. The van der Waals surface area contributed by atoms with Crippen LogP contribution < -0.4 is 0 Å². The molecule has 0 fully saturated rings. The summed E-state index contributed by atoms with van der Waals surface area (Å²) in [5.74, 6) is 0. The van der Waals surface area contributed by atoms with Gasteiger partial charge >= 0.3 is 0 Å². The Morgan fingerprint density at radius 3 is 3.00 bits per heavy atom. The van der Waals surface area contributed by atoms with E-state index >= 15 is 0 Å². The summed E-state index contributed by atoms with van der Waals surface area (Å²) in [5, 5.41) is 8.97. The lowest BCUT2D eigenvalue weighted by atomic mass is 10.5. The number of aldehydes is 1. The van der Waals surface area contributed by atoms with E-state index in [-0.39, 0.29) is 11.9 Å². The zero-order valence-electron chi connectivity index (χ0n) is 6.69. The molecule has 66 valence electrons. The number of rotatable bonds is 4. The molecule has 1 unspecified atom stereocenters. The van der Waals surface area contributed by atoms with Crippen LogP contribution in [0, 0.1) is 0 Å². The normalized spacial score (nSPS) is 12.8. The van der Waals surface area contributed by atoms with Gasteiger partial charge in [0.1, 0.15) is 0 Å². The largest absolute Gasteiger partial charge is 0.395 e. The van der Waals surface area contributed by atoms with Crippen molar-refractivity contribution in [1.29, 1.82) is 0 Å². The standard InChI is InChI=1S/C8H10O2S2/c1-6(4-9)11-8-3-2-7(5-10)12-8/h2-3,5-6,9H,4H2,1H3. The van der Waals surface area contributed by atoms with Gasteiger partial charge in [0.15, 0.2) is 6.29 Å². The molecule has 0 saturated carbocycles. The summed E-state index contributed by atoms with van der Waals surface area (Å²) in [5.41, 5.74) is 0. The average Bonchev–Trinajstić information content (AvgIpc) is 2.52. The molecular formula is C8H10O2S2. The number of hydrogen-bond acceptors (Lipinski definition) is 4. The number of aliphatic hydroxyl groups excluding tert-OH is 1. The Kier molecular flexibility index (Phi) is 3.78. The lowest BCUT2D eigenvalue weighted by molar-refractivity contribution is 0.112. The minimum atomic E-state index is 0.166. The van der Waals surface area contributed by atoms with E-state index < -0.39 is 0 Å². The quantitative estimate of drug-likeness (QED) is 0.599. The first-order chi connectivity index (χ1) is 5.76. The van der Waals surface area contributed by atoms with Gasteiger partial charge in [0.05, 0.1) is 15.7 Å². The van der Waals surface area contributed by atoms with Crippen LogP contribution in [0.3, 0.4) is 0 Å².